The topological polar surface area (TPSA) is 24.8 Å². The molecule has 2 heterocycles. The van der Waals surface area contributed by atoms with Gasteiger partial charge in [0, 0.05) is 10.7 Å². The van der Waals surface area contributed by atoms with E-state index in [0.29, 0.717) is 18.0 Å². The predicted molar refractivity (Wildman–Crippen MR) is 114 cm³/mol. The number of benzene rings is 1. The van der Waals surface area contributed by atoms with E-state index in [1.54, 1.807) is 7.11 Å². The zero-order chi connectivity index (χ0) is 18.1. The average molecular weight is 480 g/mol. The van der Waals surface area contributed by atoms with Gasteiger partial charge in [0.25, 0.3) is 0 Å². The number of allylic oxidation sites excluding steroid dienone is 2. The quantitative estimate of drug-likeness (QED) is 0.506. The minimum atomic E-state index is 0.300. The molecule has 4 rings (SSSR count). The molecule has 0 saturated heterocycles. The molecule has 0 amide bonds. The second kappa shape index (κ2) is 7.89. The van der Waals surface area contributed by atoms with Crippen LogP contribution in [0.5, 0.6) is 5.75 Å². The van der Waals surface area contributed by atoms with Crippen molar-refractivity contribution < 1.29 is 4.74 Å². The lowest BCUT2D eigenvalue weighted by molar-refractivity contribution is 0.238. The normalized spacial score (nSPS) is 26.6. The molecule has 1 fully saturated rings. The van der Waals surface area contributed by atoms with E-state index >= 15 is 0 Å². The van der Waals surface area contributed by atoms with Crippen LogP contribution in [0.2, 0.25) is 0 Å². The fourth-order valence-corrected chi connectivity index (χ4v) is 5.71. The average Bonchev–Trinajstić information content (AvgIpc) is 2.68. The highest BCUT2D eigenvalue weighted by molar-refractivity contribution is 9.12. The molecule has 2 atom stereocenters. The van der Waals surface area contributed by atoms with Gasteiger partial charge < -0.3 is 9.64 Å². The van der Waals surface area contributed by atoms with Gasteiger partial charge in [-0.05, 0) is 80.8 Å². The summed E-state index contributed by atoms with van der Waals surface area (Å²) in [5.74, 6) is 2.68. The van der Waals surface area contributed by atoms with Crippen LogP contribution in [0.15, 0.2) is 50.5 Å². The number of nitrogens with zero attached hydrogens (tertiary/aromatic N) is 2. The van der Waals surface area contributed by atoms with Crippen molar-refractivity contribution in [2.75, 3.05) is 7.11 Å². The van der Waals surface area contributed by atoms with Crippen molar-refractivity contribution >= 4 is 37.7 Å². The summed E-state index contributed by atoms with van der Waals surface area (Å²) in [6, 6.07) is 9.21. The van der Waals surface area contributed by atoms with Gasteiger partial charge >= 0.3 is 0 Å². The van der Waals surface area contributed by atoms with Gasteiger partial charge in [0.2, 0.25) is 0 Å². The molecule has 26 heavy (non-hydrogen) atoms. The Kier molecular flexibility index (Phi) is 5.55. The number of rotatable bonds is 3. The van der Waals surface area contributed by atoms with Gasteiger partial charge in [-0.2, -0.15) is 0 Å². The van der Waals surface area contributed by atoms with Gasteiger partial charge in [-0.3, -0.25) is 4.99 Å². The van der Waals surface area contributed by atoms with Crippen molar-refractivity contribution in [2.45, 2.75) is 50.6 Å². The second-order valence-corrected chi connectivity index (χ2v) is 9.13. The smallest absolute Gasteiger partial charge is 0.143 e. The summed E-state index contributed by atoms with van der Waals surface area (Å²) in [7, 11) is 1.71. The lowest BCUT2D eigenvalue weighted by Crippen LogP contribution is -2.41. The summed E-state index contributed by atoms with van der Waals surface area (Å²) in [5, 5.41) is 0. The van der Waals surface area contributed by atoms with Gasteiger partial charge in [0.1, 0.15) is 11.6 Å². The largest absolute Gasteiger partial charge is 0.497 e. The minimum absolute atomic E-state index is 0.300. The summed E-state index contributed by atoms with van der Waals surface area (Å²) in [6.45, 7) is 0. The Morgan fingerprint density at radius 1 is 1.08 bits per heavy atom. The molecule has 0 spiro atoms. The third-order valence-electron chi connectivity index (χ3n) is 5.77. The number of ether oxygens (including phenoxy) is 1. The molecule has 2 unspecified atom stereocenters. The first-order valence-electron chi connectivity index (χ1n) is 9.40. The summed E-state index contributed by atoms with van der Waals surface area (Å²) >= 11 is 7.39. The maximum absolute atomic E-state index is 5.34. The predicted octanol–water partition coefficient (Wildman–Crippen LogP) is 6.32. The van der Waals surface area contributed by atoms with Gasteiger partial charge in [0.15, 0.2) is 0 Å². The van der Waals surface area contributed by atoms with Crippen molar-refractivity contribution in [3.63, 3.8) is 0 Å². The van der Waals surface area contributed by atoms with Crippen LogP contribution in [0.25, 0.3) is 0 Å². The van der Waals surface area contributed by atoms with Crippen LogP contribution < -0.4 is 4.74 Å². The van der Waals surface area contributed by atoms with E-state index in [1.165, 1.54) is 37.7 Å². The van der Waals surface area contributed by atoms with E-state index in [2.05, 4.69) is 73.3 Å². The Labute approximate surface area is 172 Å². The molecular weight excluding hydrogens is 456 g/mol. The first-order valence-corrected chi connectivity index (χ1v) is 11.0. The molecule has 5 heteroatoms. The molecular formula is C21H24Br2N2O. The van der Waals surface area contributed by atoms with Crippen LogP contribution in [0.3, 0.4) is 0 Å². The first-order chi connectivity index (χ1) is 12.7. The second-order valence-electron chi connectivity index (χ2n) is 7.36. The van der Waals surface area contributed by atoms with Crippen LogP contribution in [0.4, 0.5) is 0 Å². The summed E-state index contributed by atoms with van der Waals surface area (Å²) in [6.07, 6.45) is 12.1. The summed E-state index contributed by atoms with van der Waals surface area (Å²) in [5.41, 5.74) is 1.32. The summed E-state index contributed by atoms with van der Waals surface area (Å²) < 4.78 is 7.47. The number of fused-ring (bicyclic) bond motifs is 1. The molecule has 0 radical (unpaired) electrons. The molecule has 3 nitrogen and oxygen atoms in total. The third kappa shape index (κ3) is 3.65. The van der Waals surface area contributed by atoms with E-state index in [4.69, 9.17) is 9.73 Å². The molecule has 0 N–H and O–H groups in total. The van der Waals surface area contributed by atoms with Crippen molar-refractivity contribution in [1.29, 1.82) is 0 Å². The molecule has 1 saturated carbocycles. The maximum atomic E-state index is 5.34. The van der Waals surface area contributed by atoms with Crippen LogP contribution in [0, 0.1) is 5.92 Å². The molecule has 1 aromatic rings. The maximum Gasteiger partial charge on any atom is 0.143 e. The molecule has 138 valence electrons. The van der Waals surface area contributed by atoms with Gasteiger partial charge in [0.05, 0.1) is 23.7 Å². The van der Waals surface area contributed by atoms with Gasteiger partial charge in [-0.15, -0.1) is 0 Å². The molecule has 0 bridgehead atoms. The van der Waals surface area contributed by atoms with Crippen molar-refractivity contribution in [2.24, 2.45) is 10.9 Å². The number of methoxy groups -OCH3 is 1. The van der Waals surface area contributed by atoms with E-state index in [9.17, 15) is 0 Å². The van der Waals surface area contributed by atoms with Crippen molar-refractivity contribution in [3.8, 4) is 5.75 Å². The third-order valence-corrected chi connectivity index (χ3v) is 6.79. The van der Waals surface area contributed by atoms with E-state index in [1.807, 2.05) is 0 Å². The standard InChI is InChI=1S/C21H24Br2N2O/c1-26-17-9-7-15(8-10-17)20-12-19(14-5-3-2-4-6-14)24-21-18(23)11-16(22)13-25(20)21/h7-11,13-14,19-20H,2-6,12H2,1H3. The number of hydrogen-bond acceptors (Lipinski definition) is 3. The molecule has 2 aliphatic heterocycles. The molecule has 1 aliphatic carbocycles. The fraction of sp³-hybridized carbons (Fsp3) is 0.476. The first kappa shape index (κ1) is 18.3. The minimum Gasteiger partial charge on any atom is -0.497 e. The highest BCUT2D eigenvalue weighted by Crippen LogP contribution is 2.42. The number of hydrogen-bond donors (Lipinski definition) is 0. The monoisotopic (exact) mass is 478 g/mol. The lowest BCUT2D eigenvalue weighted by atomic mass is 9.80. The van der Waals surface area contributed by atoms with E-state index < -0.39 is 0 Å². The van der Waals surface area contributed by atoms with Crippen LogP contribution >= 0.6 is 31.9 Å². The summed E-state index contributed by atoms with van der Waals surface area (Å²) in [4.78, 5) is 7.50. The van der Waals surface area contributed by atoms with Crippen LogP contribution in [-0.2, 0) is 0 Å². The molecule has 3 aliphatic rings. The van der Waals surface area contributed by atoms with Gasteiger partial charge in [-0.1, -0.05) is 31.4 Å². The number of aliphatic imine (C=N–C) groups is 1. The van der Waals surface area contributed by atoms with E-state index in [0.717, 1.165) is 27.0 Å². The van der Waals surface area contributed by atoms with Crippen LogP contribution in [0.1, 0.15) is 50.1 Å². The zero-order valence-electron chi connectivity index (χ0n) is 15.0. The van der Waals surface area contributed by atoms with Crippen LogP contribution in [-0.4, -0.2) is 23.9 Å². The fourth-order valence-electron chi connectivity index (χ4n) is 4.40. The van der Waals surface area contributed by atoms with Crippen molar-refractivity contribution in [1.82, 2.24) is 4.90 Å². The highest BCUT2D eigenvalue weighted by atomic mass is 79.9. The molecule has 1 aromatic carbocycles. The Morgan fingerprint density at radius 2 is 1.81 bits per heavy atom. The zero-order valence-corrected chi connectivity index (χ0v) is 18.2. The lowest BCUT2D eigenvalue weighted by Gasteiger charge is -2.42. The Morgan fingerprint density at radius 3 is 2.50 bits per heavy atom. The number of halogens is 2. The highest BCUT2D eigenvalue weighted by Gasteiger charge is 2.36. The Bertz CT molecular complexity index is 748. The molecule has 0 aromatic heterocycles. The van der Waals surface area contributed by atoms with E-state index in [-0.39, 0.29) is 0 Å². The van der Waals surface area contributed by atoms with Gasteiger partial charge in [-0.25, -0.2) is 0 Å². The SMILES string of the molecule is COc1ccc(C2CC(C3CCCCC3)N=C3C(Br)=CC(Br)=CN32)cc1. The Balaban J connectivity index is 1.69. The van der Waals surface area contributed by atoms with Crippen molar-refractivity contribution in [3.05, 3.63) is 51.1 Å². The number of amidine groups is 1. The Hall–Kier alpha value is -1.07.